The molecule has 0 bridgehead atoms. The van der Waals surface area contributed by atoms with E-state index in [0.717, 1.165) is 5.56 Å². The maximum Gasteiger partial charge on any atom is 0.354 e. The number of methoxy groups -OCH3 is 1. The first kappa shape index (κ1) is 12.1. The second-order valence-corrected chi connectivity index (χ2v) is 3.07. The van der Waals surface area contributed by atoms with Gasteiger partial charge < -0.3 is 15.2 Å². The van der Waals surface area contributed by atoms with Gasteiger partial charge in [-0.15, -0.1) is 0 Å². The Morgan fingerprint density at radius 3 is 2.75 bits per heavy atom. The lowest BCUT2D eigenvalue weighted by molar-refractivity contribution is -0.124. The average molecular weight is 224 g/mol. The molecule has 0 saturated carbocycles. The molecule has 0 radical (unpaired) electrons. The number of hydrogen-bond acceptors (Lipinski definition) is 4. The topological polar surface area (TPSA) is 88.5 Å². The summed E-state index contributed by atoms with van der Waals surface area (Å²) >= 11 is 0. The third kappa shape index (κ3) is 3.66. The zero-order chi connectivity index (χ0) is 12.0. The Labute approximate surface area is 92.3 Å². The quantitative estimate of drug-likeness (QED) is 0.737. The van der Waals surface area contributed by atoms with E-state index in [4.69, 9.17) is 5.11 Å². The molecule has 1 aromatic rings. The van der Waals surface area contributed by atoms with Crippen molar-refractivity contribution >= 4 is 11.9 Å². The van der Waals surface area contributed by atoms with Crippen molar-refractivity contribution in [1.29, 1.82) is 0 Å². The van der Waals surface area contributed by atoms with Crippen LogP contribution in [0.15, 0.2) is 18.3 Å². The zero-order valence-electron chi connectivity index (χ0n) is 8.77. The summed E-state index contributed by atoms with van der Waals surface area (Å²) in [6, 6.07) is 2.99. The van der Waals surface area contributed by atoms with Crippen LogP contribution in [0.25, 0.3) is 0 Å². The molecule has 0 aliphatic heterocycles. The Bertz CT molecular complexity index is 375. The molecule has 0 unspecified atom stereocenters. The van der Waals surface area contributed by atoms with Gasteiger partial charge in [0.2, 0.25) is 5.91 Å². The highest BCUT2D eigenvalue weighted by atomic mass is 16.5. The van der Waals surface area contributed by atoms with E-state index in [0.29, 0.717) is 6.54 Å². The Balaban J connectivity index is 2.49. The maximum atomic E-state index is 11.0. The van der Waals surface area contributed by atoms with Crippen molar-refractivity contribution in [3.8, 4) is 0 Å². The van der Waals surface area contributed by atoms with Gasteiger partial charge in [0.25, 0.3) is 0 Å². The summed E-state index contributed by atoms with van der Waals surface area (Å²) in [6.07, 6.45) is 1.41. The van der Waals surface area contributed by atoms with E-state index in [1.807, 2.05) is 0 Å². The number of carboxylic acid groups (broad SMARTS) is 1. The molecule has 0 saturated heterocycles. The van der Waals surface area contributed by atoms with E-state index in [-0.39, 0.29) is 18.2 Å². The van der Waals surface area contributed by atoms with Crippen LogP contribution in [0.1, 0.15) is 16.1 Å². The summed E-state index contributed by atoms with van der Waals surface area (Å²) < 4.78 is 4.64. The van der Waals surface area contributed by atoms with Gasteiger partial charge >= 0.3 is 5.97 Å². The van der Waals surface area contributed by atoms with E-state index in [9.17, 15) is 9.59 Å². The number of carbonyl (C=O) groups is 2. The number of hydrogen-bond donors (Lipinski definition) is 2. The molecule has 0 aromatic carbocycles. The fourth-order valence-corrected chi connectivity index (χ4v) is 1.04. The van der Waals surface area contributed by atoms with Gasteiger partial charge in [0.1, 0.15) is 12.3 Å². The SMILES string of the molecule is COCC(=O)NCc1ccc(C(=O)O)nc1. The first-order valence-corrected chi connectivity index (χ1v) is 4.57. The van der Waals surface area contributed by atoms with Crippen LogP contribution in [-0.2, 0) is 16.1 Å². The number of nitrogens with zero attached hydrogens (tertiary/aromatic N) is 1. The lowest BCUT2D eigenvalue weighted by Gasteiger charge is -2.04. The molecule has 0 atom stereocenters. The van der Waals surface area contributed by atoms with Crippen molar-refractivity contribution in [1.82, 2.24) is 10.3 Å². The molecule has 1 amide bonds. The minimum Gasteiger partial charge on any atom is -0.477 e. The van der Waals surface area contributed by atoms with Crippen LogP contribution in [0, 0.1) is 0 Å². The lowest BCUT2D eigenvalue weighted by atomic mass is 10.2. The Morgan fingerprint density at radius 2 is 2.25 bits per heavy atom. The van der Waals surface area contributed by atoms with Crippen molar-refractivity contribution < 1.29 is 19.4 Å². The summed E-state index contributed by atoms with van der Waals surface area (Å²) in [4.78, 5) is 25.3. The summed E-state index contributed by atoms with van der Waals surface area (Å²) in [7, 11) is 1.43. The van der Waals surface area contributed by atoms with Gasteiger partial charge in [-0.2, -0.15) is 0 Å². The zero-order valence-corrected chi connectivity index (χ0v) is 8.77. The molecule has 86 valence electrons. The molecule has 0 aliphatic carbocycles. The predicted octanol–water partition coefficient (Wildman–Crippen LogP) is 0.0424. The Hall–Kier alpha value is -1.95. The third-order valence-corrected chi connectivity index (χ3v) is 1.81. The van der Waals surface area contributed by atoms with Crippen molar-refractivity contribution in [3.63, 3.8) is 0 Å². The Kier molecular flexibility index (Phi) is 4.41. The lowest BCUT2D eigenvalue weighted by Crippen LogP contribution is -2.26. The number of amides is 1. The van der Waals surface area contributed by atoms with Gasteiger partial charge in [0.15, 0.2) is 0 Å². The van der Waals surface area contributed by atoms with Gasteiger partial charge in [-0.25, -0.2) is 9.78 Å². The van der Waals surface area contributed by atoms with Gasteiger partial charge in [0.05, 0.1) is 0 Å². The molecule has 6 heteroatoms. The highest BCUT2D eigenvalue weighted by Gasteiger charge is 2.04. The summed E-state index contributed by atoms with van der Waals surface area (Å²) in [6.45, 7) is 0.301. The number of nitrogens with one attached hydrogen (secondary N) is 1. The molecule has 16 heavy (non-hydrogen) atoms. The van der Waals surface area contributed by atoms with Crippen LogP contribution in [-0.4, -0.2) is 35.7 Å². The standard InChI is InChI=1S/C10H12N2O4/c1-16-6-9(13)12-5-7-2-3-8(10(14)15)11-4-7/h2-4H,5-6H2,1H3,(H,12,13)(H,14,15). The molecule has 0 fully saturated rings. The second-order valence-electron chi connectivity index (χ2n) is 3.07. The fourth-order valence-electron chi connectivity index (χ4n) is 1.04. The molecule has 1 aromatic heterocycles. The first-order valence-electron chi connectivity index (χ1n) is 4.57. The van der Waals surface area contributed by atoms with Crippen LogP contribution >= 0.6 is 0 Å². The number of rotatable bonds is 5. The van der Waals surface area contributed by atoms with E-state index in [2.05, 4.69) is 15.0 Å². The Morgan fingerprint density at radius 1 is 1.50 bits per heavy atom. The monoisotopic (exact) mass is 224 g/mol. The minimum atomic E-state index is -1.07. The first-order chi connectivity index (χ1) is 7.63. The molecule has 0 spiro atoms. The van der Waals surface area contributed by atoms with Gasteiger partial charge in [0, 0.05) is 19.9 Å². The van der Waals surface area contributed by atoms with E-state index in [1.54, 1.807) is 6.07 Å². The van der Waals surface area contributed by atoms with Crippen molar-refractivity contribution in [2.45, 2.75) is 6.54 Å². The van der Waals surface area contributed by atoms with Gasteiger partial charge in [-0.3, -0.25) is 4.79 Å². The van der Waals surface area contributed by atoms with Gasteiger partial charge in [-0.05, 0) is 11.6 Å². The normalized spacial score (nSPS) is 9.81. The molecule has 2 N–H and O–H groups in total. The van der Waals surface area contributed by atoms with Crippen LogP contribution in [0.2, 0.25) is 0 Å². The number of carboxylic acids is 1. The highest BCUT2D eigenvalue weighted by molar-refractivity contribution is 5.85. The fraction of sp³-hybridized carbons (Fsp3) is 0.300. The molecule has 1 rings (SSSR count). The highest BCUT2D eigenvalue weighted by Crippen LogP contribution is 1.99. The van der Waals surface area contributed by atoms with Gasteiger partial charge in [-0.1, -0.05) is 6.07 Å². The predicted molar refractivity (Wildman–Crippen MR) is 54.9 cm³/mol. The van der Waals surface area contributed by atoms with Crippen LogP contribution in [0.3, 0.4) is 0 Å². The summed E-state index contributed by atoms with van der Waals surface area (Å²) in [5.74, 6) is -1.31. The number of ether oxygens (including phenoxy) is 1. The summed E-state index contributed by atoms with van der Waals surface area (Å²) in [5, 5.41) is 11.2. The minimum absolute atomic E-state index is 0.000633. The van der Waals surface area contributed by atoms with E-state index in [1.165, 1.54) is 19.4 Å². The molecule has 6 nitrogen and oxygen atoms in total. The van der Waals surface area contributed by atoms with Crippen LogP contribution in [0.4, 0.5) is 0 Å². The molecule has 1 heterocycles. The largest absolute Gasteiger partial charge is 0.477 e. The van der Waals surface area contributed by atoms with E-state index >= 15 is 0 Å². The molecular formula is C10H12N2O4. The van der Waals surface area contributed by atoms with Crippen molar-refractivity contribution in [2.24, 2.45) is 0 Å². The van der Waals surface area contributed by atoms with Crippen molar-refractivity contribution in [3.05, 3.63) is 29.6 Å². The second kappa shape index (κ2) is 5.82. The number of aromatic nitrogens is 1. The summed E-state index contributed by atoms with van der Waals surface area (Å²) in [5.41, 5.74) is 0.710. The molecule has 0 aliphatic rings. The van der Waals surface area contributed by atoms with Crippen LogP contribution < -0.4 is 5.32 Å². The third-order valence-electron chi connectivity index (χ3n) is 1.81. The van der Waals surface area contributed by atoms with E-state index < -0.39 is 5.97 Å². The number of carbonyl (C=O) groups excluding carboxylic acids is 1. The average Bonchev–Trinajstić information content (AvgIpc) is 2.27. The van der Waals surface area contributed by atoms with Crippen LogP contribution in [0.5, 0.6) is 0 Å². The number of aromatic carboxylic acids is 1. The molecular weight excluding hydrogens is 212 g/mol. The van der Waals surface area contributed by atoms with Crippen molar-refractivity contribution in [2.75, 3.05) is 13.7 Å². The number of pyridine rings is 1. The maximum absolute atomic E-state index is 11.0. The smallest absolute Gasteiger partial charge is 0.354 e.